The van der Waals surface area contributed by atoms with Gasteiger partial charge in [-0.15, -0.1) is 0 Å². The number of nitrogens with two attached hydrogens (primary N) is 1. The lowest BCUT2D eigenvalue weighted by Crippen LogP contribution is -2.08. The minimum Gasteiger partial charge on any atom is -0.383 e. The van der Waals surface area contributed by atoms with Crippen LogP contribution in [0.2, 0.25) is 0 Å². The van der Waals surface area contributed by atoms with Crippen molar-refractivity contribution in [2.24, 2.45) is 5.92 Å². The zero-order valence-electron chi connectivity index (χ0n) is 12.1. The Balaban J connectivity index is 1.84. The van der Waals surface area contributed by atoms with E-state index in [2.05, 4.69) is 35.5 Å². The third-order valence-corrected chi connectivity index (χ3v) is 3.94. The van der Waals surface area contributed by atoms with Gasteiger partial charge in [-0.05, 0) is 36.8 Å². The summed E-state index contributed by atoms with van der Waals surface area (Å²) in [5, 5.41) is 17.0. The second-order valence-electron chi connectivity index (χ2n) is 5.63. The van der Waals surface area contributed by atoms with E-state index in [1.807, 2.05) is 12.1 Å². The van der Waals surface area contributed by atoms with E-state index in [1.54, 1.807) is 4.68 Å². The van der Waals surface area contributed by atoms with Crippen LogP contribution in [0.5, 0.6) is 0 Å². The summed E-state index contributed by atoms with van der Waals surface area (Å²) in [6.07, 6.45) is 2.52. The van der Waals surface area contributed by atoms with E-state index in [0.29, 0.717) is 23.7 Å². The Hall–Kier alpha value is -2.48. The number of benzene rings is 1. The normalized spacial score (nSPS) is 13.9. The fraction of sp³-hybridized carbons (Fsp3) is 0.375. The fourth-order valence-corrected chi connectivity index (χ4v) is 2.34. The molecule has 5 heteroatoms. The highest BCUT2D eigenvalue weighted by atomic mass is 15.3. The van der Waals surface area contributed by atoms with Gasteiger partial charge in [-0.2, -0.15) is 10.4 Å². The van der Waals surface area contributed by atoms with Gasteiger partial charge in [0.05, 0.1) is 6.54 Å². The van der Waals surface area contributed by atoms with Crippen LogP contribution in [-0.4, -0.2) is 16.3 Å². The van der Waals surface area contributed by atoms with Crippen LogP contribution in [-0.2, 0) is 6.54 Å². The molecule has 3 rings (SSSR count). The minimum absolute atomic E-state index is 0.430. The molecule has 5 nitrogen and oxygen atoms in total. The number of nitriles is 1. The quantitative estimate of drug-likeness (QED) is 0.882. The molecule has 1 aromatic carbocycles. The van der Waals surface area contributed by atoms with Crippen molar-refractivity contribution in [1.82, 2.24) is 9.78 Å². The second-order valence-corrected chi connectivity index (χ2v) is 5.63. The van der Waals surface area contributed by atoms with Gasteiger partial charge in [-0.1, -0.05) is 24.3 Å². The largest absolute Gasteiger partial charge is 0.383 e. The molecule has 108 valence electrons. The van der Waals surface area contributed by atoms with Crippen LogP contribution in [0.25, 0.3) is 0 Å². The van der Waals surface area contributed by atoms with Crippen molar-refractivity contribution in [3.8, 4) is 6.07 Å². The number of aromatic nitrogens is 2. The number of nitrogens with one attached hydrogen (secondary N) is 1. The van der Waals surface area contributed by atoms with Gasteiger partial charge < -0.3 is 11.1 Å². The summed E-state index contributed by atoms with van der Waals surface area (Å²) >= 11 is 0. The predicted molar refractivity (Wildman–Crippen MR) is 82.8 cm³/mol. The van der Waals surface area contributed by atoms with Crippen LogP contribution in [0, 0.1) is 24.2 Å². The summed E-state index contributed by atoms with van der Waals surface area (Å²) in [5.41, 5.74) is 8.87. The molecule has 0 spiro atoms. The molecule has 1 aliphatic carbocycles. The Morgan fingerprint density at radius 2 is 2.19 bits per heavy atom. The molecule has 1 saturated carbocycles. The molecule has 0 unspecified atom stereocenters. The van der Waals surface area contributed by atoms with Gasteiger partial charge in [-0.25, -0.2) is 4.68 Å². The Labute approximate surface area is 124 Å². The Morgan fingerprint density at radius 1 is 1.43 bits per heavy atom. The summed E-state index contributed by atoms with van der Waals surface area (Å²) in [5.74, 6) is 1.76. The standard InChI is InChI=1S/C16H19N5/c1-11-4-2-3-5-13(11)10-21-15(18)14(8-17)16(20-21)19-9-12-6-7-12/h2-5,12H,6-7,9-10,18H2,1H3,(H,19,20). The summed E-state index contributed by atoms with van der Waals surface area (Å²) in [6.45, 7) is 3.51. The van der Waals surface area contributed by atoms with Crippen LogP contribution in [0.4, 0.5) is 11.6 Å². The molecule has 0 bridgehead atoms. The lowest BCUT2D eigenvalue weighted by molar-refractivity contribution is 0.694. The monoisotopic (exact) mass is 281 g/mol. The first-order valence-electron chi connectivity index (χ1n) is 7.23. The molecule has 1 aromatic heterocycles. The highest BCUT2D eigenvalue weighted by Gasteiger charge is 2.23. The molecule has 3 N–H and O–H groups in total. The first kappa shape index (κ1) is 13.5. The Bertz CT molecular complexity index is 691. The topological polar surface area (TPSA) is 79.7 Å². The maximum absolute atomic E-state index is 9.29. The van der Waals surface area contributed by atoms with Crippen molar-refractivity contribution in [2.75, 3.05) is 17.6 Å². The Kier molecular flexibility index (Phi) is 3.53. The van der Waals surface area contributed by atoms with Gasteiger partial charge in [0.25, 0.3) is 0 Å². The summed E-state index contributed by atoms with van der Waals surface area (Å²) < 4.78 is 1.70. The Morgan fingerprint density at radius 3 is 2.86 bits per heavy atom. The third kappa shape index (κ3) is 2.84. The van der Waals surface area contributed by atoms with Gasteiger partial charge in [0.15, 0.2) is 5.82 Å². The molecule has 0 aliphatic heterocycles. The predicted octanol–water partition coefficient (Wildman–Crippen LogP) is 2.52. The second kappa shape index (κ2) is 5.49. The van der Waals surface area contributed by atoms with Crippen LogP contribution in [0.1, 0.15) is 29.5 Å². The number of rotatable bonds is 5. The molecule has 1 heterocycles. The van der Waals surface area contributed by atoms with E-state index in [9.17, 15) is 5.26 Å². The zero-order chi connectivity index (χ0) is 14.8. The highest BCUT2D eigenvalue weighted by Crippen LogP contribution is 2.30. The highest BCUT2D eigenvalue weighted by molar-refractivity contribution is 5.64. The lowest BCUT2D eigenvalue weighted by Gasteiger charge is -2.07. The number of hydrogen-bond donors (Lipinski definition) is 2. The van der Waals surface area contributed by atoms with Crippen molar-refractivity contribution in [2.45, 2.75) is 26.3 Å². The van der Waals surface area contributed by atoms with Crippen molar-refractivity contribution in [3.63, 3.8) is 0 Å². The fourth-order valence-electron chi connectivity index (χ4n) is 2.34. The summed E-state index contributed by atoms with van der Waals surface area (Å²) in [7, 11) is 0. The van der Waals surface area contributed by atoms with Crippen LogP contribution in [0.3, 0.4) is 0 Å². The average molecular weight is 281 g/mol. The van der Waals surface area contributed by atoms with Gasteiger partial charge >= 0.3 is 0 Å². The molecule has 0 amide bonds. The van der Waals surface area contributed by atoms with Crippen LogP contribution >= 0.6 is 0 Å². The molecular formula is C16H19N5. The SMILES string of the molecule is Cc1ccccc1Cn1nc(NCC2CC2)c(C#N)c1N. The maximum atomic E-state index is 9.29. The van der Waals surface area contributed by atoms with E-state index in [-0.39, 0.29) is 0 Å². The minimum atomic E-state index is 0.430. The number of anilines is 2. The van der Waals surface area contributed by atoms with Gasteiger partial charge in [0.1, 0.15) is 17.5 Å². The number of hydrogen-bond acceptors (Lipinski definition) is 4. The average Bonchev–Trinajstić information content (AvgIpc) is 3.25. The first-order chi connectivity index (χ1) is 10.2. The summed E-state index contributed by atoms with van der Waals surface area (Å²) in [6, 6.07) is 10.3. The van der Waals surface area contributed by atoms with Crippen molar-refractivity contribution < 1.29 is 0 Å². The number of nitrogens with zero attached hydrogens (tertiary/aromatic N) is 3. The smallest absolute Gasteiger partial charge is 0.168 e. The van der Waals surface area contributed by atoms with E-state index >= 15 is 0 Å². The molecule has 0 atom stereocenters. The van der Waals surface area contributed by atoms with E-state index in [0.717, 1.165) is 18.0 Å². The van der Waals surface area contributed by atoms with Crippen LogP contribution in [0.15, 0.2) is 24.3 Å². The molecule has 0 saturated heterocycles. The van der Waals surface area contributed by atoms with E-state index in [1.165, 1.54) is 18.4 Å². The maximum Gasteiger partial charge on any atom is 0.168 e. The number of nitrogen functional groups attached to an aromatic ring is 1. The molecule has 1 fully saturated rings. The lowest BCUT2D eigenvalue weighted by atomic mass is 10.1. The van der Waals surface area contributed by atoms with Crippen molar-refractivity contribution in [1.29, 1.82) is 5.26 Å². The molecule has 1 aliphatic rings. The summed E-state index contributed by atoms with van der Waals surface area (Å²) in [4.78, 5) is 0. The third-order valence-electron chi connectivity index (χ3n) is 3.94. The first-order valence-corrected chi connectivity index (χ1v) is 7.23. The van der Waals surface area contributed by atoms with Gasteiger partial charge in [-0.3, -0.25) is 0 Å². The van der Waals surface area contributed by atoms with Crippen LogP contribution < -0.4 is 11.1 Å². The molecular weight excluding hydrogens is 262 g/mol. The van der Waals surface area contributed by atoms with Gasteiger partial charge in [0.2, 0.25) is 0 Å². The van der Waals surface area contributed by atoms with Crippen molar-refractivity contribution in [3.05, 3.63) is 41.0 Å². The molecule has 2 aromatic rings. The van der Waals surface area contributed by atoms with Gasteiger partial charge in [0, 0.05) is 6.54 Å². The number of aryl methyl sites for hydroxylation is 1. The molecule has 21 heavy (non-hydrogen) atoms. The zero-order valence-corrected chi connectivity index (χ0v) is 12.1. The molecule has 0 radical (unpaired) electrons. The van der Waals surface area contributed by atoms with E-state index < -0.39 is 0 Å². The van der Waals surface area contributed by atoms with E-state index in [4.69, 9.17) is 5.73 Å². The van der Waals surface area contributed by atoms with Crippen molar-refractivity contribution >= 4 is 11.6 Å².